The molecule has 0 N–H and O–H groups in total. The number of ether oxygens (including phenoxy) is 2. The van der Waals surface area contributed by atoms with Crippen LogP contribution in [0.25, 0.3) is 0 Å². The summed E-state index contributed by atoms with van der Waals surface area (Å²) in [6.07, 6.45) is 0. The first-order chi connectivity index (χ1) is 9.51. The van der Waals surface area contributed by atoms with Crippen LogP contribution in [-0.2, 0) is 14.3 Å². The predicted molar refractivity (Wildman–Crippen MR) is 84.3 cm³/mol. The summed E-state index contributed by atoms with van der Waals surface area (Å²) >= 11 is 4.29. The molecular formula is C13H14O4S3. The molecule has 0 saturated heterocycles. The first kappa shape index (κ1) is 16.9. The molecule has 0 aliphatic rings. The van der Waals surface area contributed by atoms with Gasteiger partial charge in [0.25, 0.3) is 0 Å². The molecule has 20 heavy (non-hydrogen) atoms. The van der Waals surface area contributed by atoms with E-state index < -0.39 is 5.97 Å². The Labute approximate surface area is 130 Å². The summed E-state index contributed by atoms with van der Waals surface area (Å²) in [4.78, 5) is 24.2. The second-order valence-electron chi connectivity index (χ2n) is 3.44. The van der Waals surface area contributed by atoms with Gasteiger partial charge in [0.05, 0.1) is 25.4 Å². The topological polar surface area (TPSA) is 52.6 Å². The predicted octanol–water partition coefficient (Wildman–Crippen LogP) is 3.56. The molecule has 0 radical (unpaired) electrons. The normalized spacial score (nSPS) is 9.90. The van der Waals surface area contributed by atoms with E-state index in [1.807, 2.05) is 5.38 Å². The highest BCUT2D eigenvalue weighted by molar-refractivity contribution is 8.18. The van der Waals surface area contributed by atoms with E-state index in [9.17, 15) is 9.59 Å². The van der Waals surface area contributed by atoms with E-state index >= 15 is 0 Å². The Balaban J connectivity index is 2.51. The minimum absolute atomic E-state index is 0.247. The standard InChI is InChI=1S/C13H14O4S3/c1-8(12(14)16-3)9(2)19-7-20-11-6-18-5-10(11)13(15)17-4/h5-6H,1-2,7H2,3-4H3. The van der Waals surface area contributed by atoms with Crippen molar-refractivity contribution in [3.05, 3.63) is 40.0 Å². The zero-order valence-corrected chi connectivity index (χ0v) is 13.6. The number of thiophene rings is 1. The molecule has 7 heteroatoms. The van der Waals surface area contributed by atoms with Crippen LogP contribution >= 0.6 is 34.9 Å². The second kappa shape index (κ2) is 8.18. The fourth-order valence-corrected chi connectivity index (χ4v) is 4.20. The highest BCUT2D eigenvalue weighted by Crippen LogP contribution is 2.33. The number of esters is 2. The van der Waals surface area contributed by atoms with E-state index in [4.69, 9.17) is 4.74 Å². The smallest absolute Gasteiger partial charge is 0.339 e. The van der Waals surface area contributed by atoms with Gasteiger partial charge < -0.3 is 9.47 Å². The summed E-state index contributed by atoms with van der Waals surface area (Å²) in [5, 5.41) is 4.24. The number of hydrogen-bond donors (Lipinski definition) is 0. The zero-order chi connectivity index (χ0) is 15.1. The first-order valence-corrected chi connectivity index (χ1v) is 8.29. The molecule has 1 aromatic rings. The van der Waals surface area contributed by atoms with Crippen LogP contribution in [0.15, 0.2) is 39.3 Å². The van der Waals surface area contributed by atoms with Crippen molar-refractivity contribution < 1.29 is 19.1 Å². The van der Waals surface area contributed by atoms with Crippen molar-refractivity contribution in [2.75, 3.05) is 19.3 Å². The SMILES string of the molecule is C=C(SCSc1cscc1C(=O)OC)C(=C)C(=O)OC. The van der Waals surface area contributed by atoms with E-state index in [1.165, 1.54) is 49.1 Å². The number of carbonyl (C=O) groups is 2. The molecule has 0 amide bonds. The fourth-order valence-electron chi connectivity index (χ4n) is 1.14. The Morgan fingerprint density at radius 3 is 2.55 bits per heavy atom. The lowest BCUT2D eigenvalue weighted by molar-refractivity contribution is -0.135. The van der Waals surface area contributed by atoms with Gasteiger partial charge in [-0.2, -0.15) is 11.3 Å². The molecule has 0 saturated carbocycles. The Morgan fingerprint density at radius 1 is 1.25 bits per heavy atom. The summed E-state index contributed by atoms with van der Waals surface area (Å²) in [6, 6.07) is 0. The minimum Gasteiger partial charge on any atom is -0.465 e. The monoisotopic (exact) mass is 330 g/mol. The van der Waals surface area contributed by atoms with Crippen LogP contribution in [-0.4, -0.2) is 31.2 Å². The van der Waals surface area contributed by atoms with Crippen molar-refractivity contribution in [3.8, 4) is 0 Å². The number of rotatable bonds is 7. The first-order valence-electron chi connectivity index (χ1n) is 5.37. The van der Waals surface area contributed by atoms with Crippen LogP contribution in [0.3, 0.4) is 0 Å². The highest BCUT2D eigenvalue weighted by Gasteiger charge is 2.15. The largest absolute Gasteiger partial charge is 0.465 e. The molecule has 0 aliphatic carbocycles. The van der Waals surface area contributed by atoms with Gasteiger partial charge in [0.2, 0.25) is 0 Å². The number of methoxy groups -OCH3 is 2. The summed E-state index contributed by atoms with van der Waals surface area (Å²) in [6.45, 7) is 7.40. The van der Waals surface area contributed by atoms with Crippen molar-refractivity contribution in [3.63, 3.8) is 0 Å². The van der Waals surface area contributed by atoms with Crippen molar-refractivity contribution >= 4 is 46.8 Å². The third-order valence-electron chi connectivity index (χ3n) is 2.25. The molecule has 1 heterocycles. The molecule has 1 aromatic heterocycles. The lowest BCUT2D eigenvalue weighted by Crippen LogP contribution is -2.04. The van der Waals surface area contributed by atoms with E-state index in [1.54, 1.807) is 5.38 Å². The summed E-state index contributed by atoms with van der Waals surface area (Å²) in [5.74, 6) is -0.838. The maximum atomic E-state index is 11.5. The summed E-state index contributed by atoms with van der Waals surface area (Å²) in [7, 11) is 2.65. The average molecular weight is 330 g/mol. The second-order valence-corrected chi connectivity index (χ2v) is 6.64. The van der Waals surface area contributed by atoms with Gasteiger partial charge in [0.15, 0.2) is 0 Å². The molecule has 0 aliphatic heterocycles. The van der Waals surface area contributed by atoms with Gasteiger partial charge >= 0.3 is 11.9 Å². The molecule has 0 fully saturated rings. The Morgan fingerprint density at radius 2 is 1.95 bits per heavy atom. The molecule has 1 rings (SSSR count). The van der Waals surface area contributed by atoms with Gasteiger partial charge in [-0.15, -0.1) is 23.5 Å². The lowest BCUT2D eigenvalue weighted by Gasteiger charge is -2.07. The molecule has 108 valence electrons. The Bertz CT molecular complexity index is 533. The molecular weight excluding hydrogens is 316 g/mol. The van der Waals surface area contributed by atoms with E-state index in [-0.39, 0.29) is 11.5 Å². The van der Waals surface area contributed by atoms with Crippen molar-refractivity contribution in [1.82, 2.24) is 0 Å². The van der Waals surface area contributed by atoms with Crippen molar-refractivity contribution in [1.29, 1.82) is 0 Å². The van der Waals surface area contributed by atoms with Gasteiger partial charge in [0, 0.05) is 25.6 Å². The van der Waals surface area contributed by atoms with Gasteiger partial charge in [-0.1, -0.05) is 13.2 Å². The van der Waals surface area contributed by atoms with Crippen LogP contribution in [0, 0.1) is 0 Å². The average Bonchev–Trinajstić information content (AvgIpc) is 2.92. The molecule has 0 atom stereocenters. The van der Waals surface area contributed by atoms with Crippen LogP contribution in [0.1, 0.15) is 10.4 Å². The van der Waals surface area contributed by atoms with Crippen LogP contribution in [0.4, 0.5) is 0 Å². The highest BCUT2D eigenvalue weighted by atomic mass is 32.2. The third-order valence-corrected chi connectivity index (χ3v) is 5.33. The maximum Gasteiger partial charge on any atom is 0.339 e. The number of thioether (sulfide) groups is 2. The summed E-state index contributed by atoms with van der Waals surface area (Å²) in [5.41, 5.74) is 0.803. The van der Waals surface area contributed by atoms with Crippen LogP contribution in [0.5, 0.6) is 0 Å². The van der Waals surface area contributed by atoms with Gasteiger partial charge in [-0.05, 0) is 0 Å². The quantitative estimate of drug-likeness (QED) is 0.250. The Kier molecular flexibility index (Phi) is 6.90. The minimum atomic E-state index is -0.488. The third kappa shape index (κ3) is 4.43. The van der Waals surface area contributed by atoms with Crippen molar-refractivity contribution in [2.45, 2.75) is 4.90 Å². The molecule has 0 unspecified atom stereocenters. The Hall–Kier alpha value is -1.18. The molecule has 4 nitrogen and oxygen atoms in total. The van der Waals surface area contributed by atoms with E-state index in [0.29, 0.717) is 15.6 Å². The number of carbonyl (C=O) groups excluding carboxylic acids is 2. The molecule has 0 aromatic carbocycles. The molecule has 0 bridgehead atoms. The number of hydrogen-bond acceptors (Lipinski definition) is 7. The zero-order valence-electron chi connectivity index (χ0n) is 11.1. The van der Waals surface area contributed by atoms with E-state index in [0.717, 1.165) is 4.90 Å². The lowest BCUT2D eigenvalue weighted by atomic mass is 10.3. The molecule has 0 spiro atoms. The van der Waals surface area contributed by atoms with Gasteiger partial charge in [0.1, 0.15) is 0 Å². The van der Waals surface area contributed by atoms with E-state index in [2.05, 4.69) is 17.9 Å². The maximum absolute atomic E-state index is 11.5. The van der Waals surface area contributed by atoms with Crippen molar-refractivity contribution in [2.24, 2.45) is 0 Å². The van der Waals surface area contributed by atoms with Gasteiger partial charge in [-0.3, -0.25) is 0 Å². The van der Waals surface area contributed by atoms with Crippen LogP contribution in [0.2, 0.25) is 0 Å². The fraction of sp³-hybridized carbons (Fsp3) is 0.231. The summed E-state index contributed by atoms with van der Waals surface area (Å²) < 4.78 is 9.27. The van der Waals surface area contributed by atoms with Crippen LogP contribution < -0.4 is 0 Å². The van der Waals surface area contributed by atoms with Gasteiger partial charge in [-0.25, -0.2) is 9.59 Å².